The minimum Gasteiger partial charge on any atom is -0.494 e. The van der Waals surface area contributed by atoms with E-state index in [1.54, 1.807) is 33.9 Å². The summed E-state index contributed by atoms with van der Waals surface area (Å²) in [5, 5.41) is 20.0. The molecular formula is C21H20FN9O. The normalized spacial score (nSPS) is 11.5. The predicted molar refractivity (Wildman–Crippen MR) is 116 cm³/mol. The van der Waals surface area contributed by atoms with E-state index in [4.69, 9.17) is 4.74 Å². The molecule has 4 heterocycles. The SMILES string of the molecule is C=C(/C=C(/F)C(=C)OC)Cc1nnc2cc(-c3ccnc(Nc4ccnn4C)n3)cnn12. The van der Waals surface area contributed by atoms with E-state index < -0.39 is 5.83 Å². The number of halogens is 1. The summed E-state index contributed by atoms with van der Waals surface area (Å²) in [6, 6.07) is 5.41. The summed E-state index contributed by atoms with van der Waals surface area (Å²) in [5.74, 6) is 1.04. The molecule has 0 saturated heterocycles. The fourth-order valence-electron chi connectivity index (χ4n) is 2.89. The van der Waals surface area contributed by atoms with Crippen LogP contribution in [-0.4, -0.2) is 46.7 Å². The first-order valence-corrected chi connectivity index (χ1v) is 9.51. The van der Waals surface area contributed by atoms with Gasteiger partial charge < -0.3 is 10.1 Å². The first-order valence-electron chi connectivity index (χ1n) is 9.51. The maximum atomic E-state index is 13.9. The van der Waals surface area contributed by atoms with Crippen LogP contribution in [0.1, 0.15) is 5.82 Å². The largest absolute Gasteiger partial charge is 0.494 e. The van der Waals surface area contributed by atoms with Gasteiger partial charge in [0.15, 0.2) is 17.3 Å². The molecule has 0 aliphatic rings. The molecule has 0 aliphatic carbocycles. The molecule has 0 amide bonds. The van der Waals surface area contributed by atoms with Gasteiger partial charge in [0, 0.05) is 31.3 Å². The van der Waals surface area contributed by atoms with E-state index in [0.717, 1.165) is 11.4 Å². The number of nitrogens with zero attached hydrogens (tertiary/aromatic N) is 8. The van der Waals surface area contributed by atoms with Crippen molar-refractivity contribution in [3.63, 3.8) is 0 Å². The monoisotopic (exact) mass is 433 g/mol. The maximum absolute atomic E-state index is 13.9. The highest BCUT2D eigenvalue weighted by molar-refractivity contribution is 5.64. The molecular weight excluding hydrogens is 413 g/mol. The van der Waals surface area contributed by atoms with E-state index in [-0.39, 0.29) is 12.2 Å². The smallest absolute Gasteiger partial charge is 0.228 e. The third-order valence-electron chi connectivity index (χ3n) is 4.57. The van der Waals surface area contributed by atoms with Crippen molar-refractivity contribution in [2.24, 2.45) is 7.05 Å². The molecule has 4 aromatic heterocycles. The summed E-state index contributed by atoms with van der Waals surface area (Å²) in [6.45, 7) is 7.32. The van der Waals surface area contributed by atoms with Crippen molar-refractivity contribution < 1.29 is 9.13 Å². The van der Waals surface area contributed by atoms with E-state index in [1.165, 1.54) is 13.2 Å². The third-order valence-corrected chi connectivity index (χ3v) is 4.57. The van der Waals surface area contributed by atoms with Crippen molar-refractivity contribution in [2.45, 2.75) is 6.42 Å². The fraction of sp³-hybridized carbons (Fsp3) is 0.143. The van der Waals surface area contributed by atoms with E-state index in [0.29, 0.717) is 28.7 Å². The maximum Gasteiger partial charge on any atom is 0.228 e. The average molecular weight is 433 g/mol. The molecule has 10 nitrogen and oxygen atoms in total. The van der Waals surface area contributed by atoms with Gasteiger partial charge in [0.05, 0.1) is 25.2 Å². The molecule has 0 spiro atoms. The number of aryl methyl sites for hydroxylation is 1. The van der Waals surface area contributed by atoms with Crippen LogP contribution in [0.4, 0.5) is 16.2 Å². The molecule has 4 rings (SSSR count). The first kappa shape index (κ1) is 20.8. The second kappa shape index (κ2) is 8.76. The second-order valence-corrected chi connectivity index (χ2v) is 6.82. The Bertz CT molecular complexity index is 1340. The molecule has 162 valence electrons. The number of fused-ring (bicyclic) bond motifs is 1. The Hall–Kier alpha value is -4.41. The van der Waals surface area contributed by atoms with Crippen molar-refractivity contribution in [2.75, 3.05) is 12.4 Å². The van der Waals surface area contributed by atoms with Crippen LogP contribution in [0.5, 0.6) is 0 Å². The average Bonchev–Trinajstić information content (AvgIpc) is 3.38. The van der Waals surface area contributed by atoms with Gasteiger partial charge in [0.2, 0.25) is 5.95 Å². The highest BCUT2D eigenvalue weighted by Crippen LogP contribution is 2.21. The standard InChI is InChI=1S/C21H20FN9O/c1-13(9-16(22)14(2)32-4)10-19-28-29-20-11-15(12-25-31(19)20)17-5-7-23-21(26-17)27-18-6-8-24-30(18)3/h5-9,11-12H,1-2,10H2,3-4H3,(H,23,26,27)/b16-9+. The third kappa shape index (κ3) is 4.36. The highest BCUT2D eigenvalue weighted by Gasteiger charge is 2.12. The number of nitrogens with one attached hydrogen (secondary N) is 1. The molecule has 4 aromatic rings. The summed E-state index contributed by atoms with van der Waals surface area (Å²) in [6.07, 6.45) is 6.49. The number of allylic oxidation sites excluding steroid dienone is 3. The van der Waals surface area contributed by atoms with Gasteiger partial charge >= 0.3 is 0 Å². The van der Waals surface area contributed by atoms with Gasteiger partial charge in [0.25, 0.3) is 0 Å². The van der Waals surface area contributed by atoms with Gasteiger partial charge in [-0.2, -0.15) is 14.7 Å². The molecule has 0 saturated carbocycles. The Morgan fingerprint density at radius 3 is 2.81 bits per heavy atom. The summed E-state index contributed by atoms with van der Waals surface area (Å²) in [5.41, 5.74) is 2.41. The van der Waals surface area contributed by atoms with Crippen LogP contribution in [0.2, 0.25) is 0 Å². The number of rotatable bonds is 8. The van der Waals surface area contributed by atoms with Crippen molar-refractivity contribution in [1.29, 1.82) is 0 Å². The molecule has 0 radical (unpaired) electrons. The van der Waals surface area contributed by atoms with Crippen molar-refractivity contribution in [3.8, 4) is 11.3 Å². The van der Waals surface area contributed by atoms with Crippen LogP contribution >= 0.6 is 0 Å². The van der Waals surface area contributed by atoms with Gasteiger partial charge in [-0.05, 0) is 23.8 Å². The fourth-order valence-corrected chi connectivity index (χ4v) is 2.89. The molecule has 1 N–H and O–H groups in total. The second-order valence-electron chi connectivity index (χ2n) is 6.82. The van der Waals surface area contributed by atoms with Gasteiger partial charge in [-0.25, -0.2) is 14.4 Å². The minimum atomic E-state index is -0.596. The molecule has 0 aromatic carbocycles. The Labute approximate surface area is 182 Å². The van der Waals surface area contributed by atoms with Crippen molar-refractivity contribution in [3.05, 3.63) is 79.0 Å². The van der Waals surface area contributed by atoms with Gasteiger partial charge in [0.1, 0.15) is 11.6 Å². The number of anilines is 2. The van der Waals surface area contributed by atoms with E-state index in [1.807, 2.05) is 19.2 Å². The lowest BCUT2D eigenvalue weighted by Crippen LogP contribution is -2.03. The van der Waals surface area contributed by atoms with E-state index in [2.05, 4.69) is 48.8 Å². The van der Waals surface area contributed by atoms with Gasteiger partial charge in [-0.3, -0.25) is 4.68 Å². The topological polar surface area (TPSA) is 108 Å². The van der Waals surface area contributed by atoms with E-state index >= 15 is 0 Å². The van der Waals surface area contributed by atoms with Crippen LogP contribution < -0.4 is 5.32 Å². The molecule has 0 bridgehead atoms. The molecule has 0 aliphatic heterocycles. The van der Waals surface area contributed by atoms with Crippen molar-refractivity contribution in [1.82, 2.24) is 39.6 Å². The highest BCUT2D eigenvalue weighted by atomic mass is 19.1. The predicted octanol–water partition coefficient (Wildman–Crippen LogP) is 3.17. The minimum absolute atomic E-state index is 0.0675. The van der Waals surface area contributed by atoms with Crippen LogP contribution in [0.15, 0.2) is 73.2 Å². The molecule has 11 heteroatoms. The number of ether oxygens (including phenoxy) is 1. The Balaban J connectivity index is 1.55. The number of hydrogen-bond acceptors (Lipinski definition) is 8. The molecule has 32 heavy (non-hydrogen) atoms. The number of methoxy groups -OCH3 is 1. The van der Waals surface area contributed by atoms with E-state index in [9.17, 15) is 4.39 Å². The van der Waals surface area contributed by atoms with Crippen LogP contribution in [0.25, 0.3) is 16.9 Å². The number of aromatic nitrogens is 8. The lowest BCUT2D eigenvalue weighted by molar-refractivity contribution is 0.285. The van der Waals surface area contributed by atoms with Crippen LogP contribution in [0, 0.1) is 0 Å². The molecule has 0 unspecified atom stereocenters. The zero-order valence-electron chi connectivity index (χ0n) is 17.5. The molecule has 0 fully saturated rings. The van der Waals surface area contributed by atoms with Crippen LogP contribution in [0.3, 0.4) is 0 Å². The first-order chi connectivity index (χ1) is 15.4. The lowest BCUT2D eigenvalue weighted by atomic mass is 10.2. The Kier molecular flexibility index (Phi) is 5.71. The quantitative estimate of drug-likeness (QED) is 0.333. The van der Waals surface area contributed by atoms with Gasteiger partial charge in [-0.1, -0.05) is 13.2 Å². The summed E-state index contributed by atoms with van der Waals surface area (Å²) in [4.78, 5) is 8.78. The zero-order valence-corrected chi connectivity index (χ0v) is 17.5. The Morgan fingerprint density at radius 2 is 2.06 bits per heavy atom. The summed E-state index contributed by atoms with van der Waals surface area (Å²) < 4.78 is 21.9. The molecule has 0 atom stereocenters. The van der Waals surface area contributed by atoms with Crippen LogP contribution in [-0.2, 0) is 18.2 Å². The van der Waals surface area contributed by atoms with Gasteiger partial charge in [-0.15, -0.1) is 10.2 Å². The lowest BCUT2D eigenvalue weighted by Gasteiger charge is -2.07. The Morgan fingerprint density at radius 1 is 1.22 bits per heavy atom. The summed E-state index contributed by atoms with van der Waals surface area (Å²) in [7, 11) is 3.17. The number of hydrogen-bond donors (Lipinski definition) is 1. The summed E-state index contributed by atoms with van der Waals surface area (Å²) >= 11 is 0. The van der Waals surface area contributed by atoms with Crippen molar-refractivity contribution >= 4 is 17.4 Å². The zero-order chi connectivity index (χ0) is 22.7.